The number of aromatic nitrogens is 1. The van der Waals surface area contributed by atoms with Crippen molar-refractivity contribution in [3.05, 3.63) is 24.0 Å². The van der Waals surface area contributed by atoms with Gasteiger partial charge in [-0.15, -0.1) is 12.4 Å². The van der Waals surface area contributed by atoms with Gasteiger partial charge in [0.05, 0.1) is 0 Å². The Balaban J connectivity index is 0.00000225. The second kappa shape index (κ2) is 7.75. The fourth-order valence-corrected chi connectivity index (χ4v) is 4.56. The third-order valence-corrected chi connectivity index (χ3v) is 6.31. The fraction of sp³-hybridized carbons (Fsp3) is 0.643. The molecule has 25 heavy (non-hydrogen) atoms. The number of nitrogens with zero attached hydrogens (tertiary/aromatic N) is 3. The highest BCUT2D eigenvalue weighted by Gasteiger charge is 2.37. The average Bonchev–Trinajstić information content (AvgIpc) is 3.06. The minimum atomic E-state index is -4.58. The van der Waals surface area contributed by atoms with Crippen LogP contribution >= 0.6 is 12.4 Å². The molecule has 1 unspecified atom stereocenters. The number of halogens is 4. The van der Waals surface area contributed by atoms with Crippen molar-refractivity contribution in [3.63, 3.8) is 0 Å². The molecule has 1 aromatic rings. The molecule has 1 atom stereocenters. The van der Waals surface area contributed by atoms with Crippen LogP contribution in [-0.4, -0.2) is 67.9 Å². The van der Waals surface area contributed by atoms with E-state index in [1.165, 1.54) is 4.31 Å². The zero-order chi connectivity index (χ0) is 17.4. The lowest BCUT2D eigenvalue weighted by Gasteiger charge is -2.32. The first kappa shape index (κ1) is 20.4. The largest absolute Gasteiger partial charge is 0.433 e. The molecule has 0 bridgehead atoms. The van der Waals surface area contributed by atoms with Crippen LogP contribution in [0.3, 0.4) is 0 Å². The van der Waals surface area contributed by atoms with Crippen LogP contribution in [0.25, 0.3) is 0 Å². The van der Waals surface area contributed by atoms with Crippen LogP contribution in [0, 0.1) is 0 Å². The van der Waals surface area contributed by atoms with Crippen LogP contribution in [0.4, 0.5) is 13.2 Å². The third kappa shape index (κ3) is 4.43. The van der Waals surface area contributed by atoms with E-state index in [4.69, 9.17) is 0 Å². The quantitative estimate of drug-likeness (QED) is 0.825. The highest BCUT2D eigenvalue weighted by Crippen LogP contribution is 2.29. The Bertz CT molecular complexity index is 678. The third-order valence-electron chi connectivity index (χ3n) is 4.46. The summed E-state index contributed by atoms with van der Waals surface area (Å²) in [5.74, 6) is 0. The molecule has 3 heterocycles. The van der Waals surface area contributed by atoms with Gasteiger partial charge in [-0.3, -0.25) is 9.88 Å². The van der Waals surface area contributed by atoms with E-state index in [2.05, 4.69) is 15.2 Å². The molecule has 0 aromatic carbocycles. The first-order valence-electron chi connectivity index (χ1n) is 7.76. The van der Waals surface area contributed by atoms with Crippen molar-refractivity contribution in [1.29, 1.82) is 0 Å². The maximum Gasteiger partial charge on any atom is 0.433 e. The van der Waals surface area contributed by atoms with Crippen LogP contribution in [-0.2, 0) is 16.2 Å². The molecule has 2 fully saturated rings. The summed E-state index contributed by atoms with van der Waals surface area (Å²) >= 11 is 0. The summed E-state index contributed by atoms with van der Waals surface area (Å²) in [5, 5.41) is 3.25. The van der Waals surface area contributed by atoms with Gasteiger partial charge in [0.1, 0.15) is 10.6 Å². The molecule has 0 radical (unpaired) electrons. The summed E-state index contributed by atoms with van der Waals surface area (Å²) in [6.45, 7) is 4.25. The van der Waals surface area contributed by atoms with Gasteiger partial charge in [0, 0.05) is 51.5 Å². The Hall–Kier alpha value is -0.940. The predicted molar refractivity (Wildman–Crippen MR) is 88.1 cm³/mol. The number of pyridine rings is 1. The van der Waals surface area contributed by atoms with Gasteiger partial charge in [0.2, 0.25) is 10.0 Å². The van der Waals surface area contributed by atoms with Crippen LogP contribution < -0.4 is 5.32 Å². The van der Waals surface area contributed by atoms with E-state index in [1.807, 2.05) is 0 Å². The van der Waals surface area contributed by atoms with Gasteiger partial charge in [-0.05, 0) is 18.6 Å². The molecule has 3 rings (SSSR count). The zero-order valence-electron chi connectivity index (χ0n) is 13.4. The maximum atomic E-state index is 12.6. The monoisotopic (exact) mass is 400 g/mol. The standard InChI is InChI=1S/C14H19F3N4O2S.ClH/c15-14(16,17)13-2-1-12(9-19-13)24(22,23)21-6-3-11(10-21)20-7-4-18-5-8-20;/h1-2,9,11,18H,3-8,10H2;1H. The highest BCUT2D eigenvalue weighted by molar-refractivity contribution is 7.89. The normalized spacial score (nSPS) is 23.4. The smallest absolute Gasteiger partial charge is 0.314 e. The molecular formula is C14H20ClF3N4O2S. The molecule has 0 amide bonds. The molecule has 142 valence electrons. The van der Waals surface area contributed by atoms with E-state index >= 15 is 0 Å². The first-order valence-corrected chi connectivity index (χ1v) is 9.20. The van der Waals surface area contributed by atoms with Crippen molar-refractivity contribution in [3.8, 4) is 0 Å². The summed E-state index contributed by atoms with van der Waals surface area (Å²) in [5.41, 5.74) is -1.10. The van der Waals surface area contributed by atoms with E-state index in [0.717, 1.165) is 44.9 Å². The molecular weight excluding hydrogens is 381 g/mol. The molecule has 2 aliphatic heterocycles. The number of hydrogen-bond donors (Lipinski definition) is 1. The molecule has 2 aliphatic rings. The molecule has 2 saturated heterocycles. The van der Waals surface area contributed by atoms with Crippen molar-refractivity contribution in [1.82, 2.24) is 19.5 Å². The van der Waals surface area contributed by atoms with Gasteiger partial charge >= 0.3 is 6.18 Å². The second-order valence-corrected chi connectivity index (χ2v) is 7.91. The van der Waals surface area contributed by atoms with E-state index in [9.17, 15) is 21.6 Å². The highest BCUT2D eigenvalue weighted by atomic mass is 35.5. The fourth-order valence-electron chi connectivity index (χ4n) is 3.12. The predicted octanol–water partition coefficient (Wildman–Crippen LogP) is 1.19. The number of nitrogens with one attached hydrogen (secondary N) is 1. The minimum absolute atomic E-state index is 0. The van der Waals surface area contributed by atoms with Crippen molar-refractivity contribution in [2.75, 3.05) is 39.3 Å². The molecule has 1 aromatic heterocycles. The Morgan fingerprint density at radius 3 is 2.40 bits per heavy atom. The lowest BCUT2D eigenvalue weighted by atomic mass is 10.2. The molecule has 0 aliphatic carbocycles. The Kier molecular flexibility index (Phi) is 6.31. The zero-order valence-corrected chi connectivity index (χ0v) is 15.0. The van der Waals surface area contributed by atoms with Crippen LogP contribution in [0.1, 0.15) is 12.1 Å². The molecule has 11 heteroatoms. The van der Waals surface area contributed by atoms with Gasteiger partial charge in [0.25, 0.3) is 0 Å². The van der Waals surface area contributed by atoms with Crippen LogP contribution in [0.2, 0.25) is 0 Å². The minimum Gasteiger partial charge on any atom is -0.314 e. The van der Waals surface area contributed by atoms with Crippen molar-refractivity contribution in [2.45, 2.75) is 23.5 Å². The van der Waals surface area contributed by atoms with Gasteiger partial charge in [-0.2, -0.15) is 17.5 Å². The van der Waals surface area contributed by atoms with Crippen LogP contribution in [0.15, 0.2) is 23.2 Å². The number of hydrogen-bond acceptors (Lipinski definition) is 5. The van der Waals surface area contributed by atoms with E-state index in [1.54, 1.807) is 0 Å². The van der Waals surface area contributed by atoms with E-state index < -0.39 is 21.9 Å². The Morgan fingerprint density at radius 1 is 1.16 bits per heavy atom. The SMILES string of the molecule is Cl.O=S(=O)(c1ccc(C(F)(F)F)nc1)N1CCC(N2CCNCC2)C1. The van der Waals surface area contributed by atoms with E-state index in [-0.39, 0.29) is 23.3 Å². The number of piperazine rings is 1. The first-order chi connectivity index (χ1) is 11.3. The van der Waals surface area contributed by atoms with Gasteiger partial charge in [-0.1, -0.05) is 0 Å². The summed E-state index contributed by atoms with van der Waals surface area (Å²) in [6.07, 6.45) is -3.06. The number of sulfonamides is 1. The topological polar surface area (TPSA) is 65.5 Å². The van der Waals surface area contributed by atoms with Crippen molar-refractivity contribution < 1.29 is 21.6 Å². The van der Waals surface area contributed by atoms with Crippen LogP contribution in [0.5, 0.6) is 0 Å². The maximum absolute atomic E-state index is 12.6. The summed E-state index contributed by atoms with van der Waals surface area (Å²) < 4.78 is 64.2. The lowest BCUT2D eigenvalue weighted by molar-refractivity contribution is -0.141. The summed E-state index contributed by atoms with van der Waals surface area (Å²) in [7, 11) is -3.81. The average molecular weight is 401 g/mol. The molecule has 0 spiro atoms. The molecule has 6 nitrogen and oxygen atoms in total. The van der Waals surface area contributed by atoms with E-state index in [0.29, 0.717) is 19.2 Å². The lowest BCUT2D eigenvalue weighted by Crippen LogP contribution is -2.49. The molecule has 1 N–H and O–H groups in total. The summed E-state index contributed by atoms with van der Waals surface area (Å²) in [4.78, 5) is 5.31. The Labute approximate surface area is 150 Å². The van der Waals surface area contributed by atoms with Gasteiger partial charge in [0.15, 0.2) is 0 Å². The van der Waals surface area contributed by atoms with Gasteiger partial charge in [-0.25, -0.2) is 8.42 Å². The Morgan fingerprint density at radius 2 is 1.84 bits per heavy atom. The number of rotatable bonds is 3. The van der Waals surface area contributed by atoms with Gasteiger partial charge < -0.3 is 5.32 Å². The molecule has 0 saturated carbocycles. The van der Waals surface area contributed by atoms with Crippen molar-refractivity contribution in [2.24, 2.45) is 0 Å². The summed E-state index contributed by atoms with van der Waals surface area (Å²) in [6, 6.07) is 1.84. The number of alkyl halides is 3. The second-order valence-electron chi connectivity index (χ2n) is 5.97. The van der Waals surface area contributed by atoms with Crippen molar-refractivity contribution >= 4 is 22.4 Å².